The monoisotopic (exact) mass is 464 g/mol. The molecular weight excluding hydrogens is 445 g/mol. The average Bonchev–Trinajstić information content (AvgIpc) is 2.74. The van der Waals surface area contributed by atoms with Crippen molar-refractivity contribution in [2.45, 2.75) is 6.92 Å². The number of piperazine rings is 1. The number of anilines is 1. The SMILES string of the molecule is C=CC(=O)N1CCN(c2ncnc3c(F)c(-c4c(O)cc(C)cc4F)c(Cl)cc23)CC1.F. The lowest BCUT2D eigenvalue weighted by Crippen LogP contribution is -2.48. The number of phenols is 1. The smallest absolute Gasteiger partial charge is 0.246 e. The van der Waals surface area contributed by atoms with Gasteiger partial charge in [-0.15, -0.1) is 0 Å². The summed E-state index contributed by atoms with van der Waals surface area (Å²) in [6.07, 6.45) is 2.50. The lowest BCUT2D eigenvalue weighted by atomic mass is 9.99. The first kappa shape index (κ1) is 23.3. The summed E-state index contributed by atoms with van der Waals surface area (Å²) < 4.78 is 30.1. The Morgan fingerprint density at radius 2 is 1.84 bits per heavy atom. The van der Waals surface area contributed by atoms with Crippen molar-refractivity contribution in [3.05, 3.63) is 59.4 Å². The molecule has 10 heteroatoms. The third-order valence-electron chi connectivity index (χ3n) is 5.33. The molecule has 2 heterocycles. The number of carbonyl (C=O) groups excluding carboxylic acids is 1. The summed E-state index contributed by atoms with van der Waals surface area (Å²) in [6.45, 7) is 7.02. The van der Waals surface area contributed by atoms with E-state index in [2.05, 4.69) is 16.5 Å². The highest BCUT2D eigenvalue weighted by molar-refractivity contribution is 6.34. The number of hydrogen-bond donors (Lipinski definition) is 1. The van der Waals surface area contributed by atoms with E-state index in [9.17, 15) is 14.3 Å². The van der Waals surface area contributed by atoms with Crippen molar-refractivity contribution < 1.29 is 23.4 Å². The van der Waals surface area contributed by atoms with Crippen LogP contribution in [0.15, 0.2) is 37.2 Å². The Morgan fingerprint density at radius 1 is 1.16 bits per heavy atom. The topological polar surface area (TPSA) is 69.6 Å². The fourth-order valence-corrected chi connectivity index (χ4v) is 4.12. The number of benzene rings is 2. The van der Waals surface area contributed by atoms with E-state index in [1.807, 2.05) is 4.90 Å². The molecule has 0 spiro atoms. The number of amides is 1. The Kier molecular flexibility index (Phi) is 6.59. The summed E-state index contributed by atoms with van der Waals surface area (Å²) >= 11 is 6.37. The van der Waals surface area contributed by atoms with Gasteiger partial charge in [0.15, 0.2) is 5.82 Å². The van der Waals surface area contributed by atoms with Crippen LogP contribution in [0.3, 0.4) is 0 Å². The molecule has 32 heavy (non-hydrogen) atoms. The van der Waals surface area contributed by atoms with E-state index < -0.39 is 17.4 Å². The van der Waals surface area contributed by atoms with Crippen LogP contribution in [0.1, 0.15) is 5.56 Å². The zero-order valence-corrected chi connectivity index (χ0v) is 17.9. The van der Waals surface area contributed by atoms with Crippen molar-refractivity contribution in [2.24, 2.45) is 0 Å². The molecule has 1 aliphatic heterocycles. The standard InChI is InChI=1S/C22H19ClF2N4O2.FH/c1-3-17(31)28-4-6-29(7-5-28)22-13-10-14(23)18(20(25)21(13)26-11-27-22)19-15(24)8-12(2)9-16(19)30;/h3,8-11,30H,1,4-7H2,2H3;1H. The molecule has 0 atom stereocenters. The molecular formula is C22H20ClF3N4O2. The van der Waals surface area contributed by atoms with E-state index in [1.165, 1.54) is 30.6 Å². The van der Waals surface area contributed by atoms with Crippen LogP contribution in [0.5, 0.6) is 5.75 Å². The number of nitrogens with zero attached hydrogens (tertiary/aromatic N) is 4. The predicted molar refractivity (Wildman–Crippen MR) is 118 cm³/mol. The Bertz CT molecular complexity index is 1190. The minimum atomic E-state index is -0.843. The Morgan fingerprint density at radius 3 is 2.47 bits per heavy atom. The van der Waals surface area contributed by atoms with Crippen molar-refractivity contribution in [2.75, 3.05) is 31.1 Å². The summed E-state index contributed by atoms with van der Waals surface area (Å²) in [5.41, 5.74) is -0.106. The summed E-state index contributed by atoms with van der Waals surface area (Å²) in [5, 5.41) is 10.5. The van der Waals surface area contributed by atoms with Crippen molar-refractivity contribution in [1.29, 1.82) is 0 Å². The maximum absolute atomic E-state index is 15.5. The third kappa shape index (κ3) is 3.95. The lowest BCUT2D eigenvalue weighted by molar-refractivity contribution is -0.126. The van der Waals surface area contributed by atoms with E-state index in [1.54, 1.807) is 11.8 Å². The van der Waals surface area contributed by atoms with Gasteiger partial charge in [0.1, 0.15) is 29.2 Å². The molecule has 1 saturated heterocycles. The maximum atomic E-state index is 15.5. The minimum absolute atomic E-state index is 0. The molecule has 1 aliphatic rings. The molecule has 1 aromatic heterocycles. The van der Waals surface area contributed by atoms with Gasteiger partial charge in [-0.3, -0.25) is 9.50 Å². The van der Waals surface area contributed by atoms with Crippen LogP contribution in [0.4, 0.5) is 19.3 Å². The zero-order chi connectivity index (χ0) is 22.3. The number of rotatable bonds is 3. The van der Waals surface area contributed by atoms with Gasteiger partial charge in [0.05, 0.1) is 10.6 Å². The first-order chi connectivity index (χ1) is 14.8. The molecule has 0 radical (unpaired) electrons. The van der Waals surface area contributed by atoms with E-state index in [-0.39, 0.29) is 32.3 Å². The molecule has 0 saturated carbocycles. The Labute approximate surface area is 187 Å². The van der Waals surface area contributed by atoms with E-state index in [0.717, 1.165) is 0 Å². The fourth-order valence-electron chi connectivity index (χ4n) is 3.84. The molecule has 1 N–H and O–H groups in total. The van der Waals surface area contributed by atoms with Gasteiger partial charge in [-0.05, 0) is 36.8 Å². The van der Waals surface area contributed by atoms with Crippen molar-refractivity contribution in [3.8, 4) is 16.9 Å². The second-order valence-corrected chi connectivity index (χ2v) is 7.71. The first-order valence-corrected chi connectivity index (χ1v) is 9.98. The summed E-state index contributed by atoms with van der Waals surface area (Å²) in [6, 6.07) is 4.02. The molecule has 4 rings (SSSR count). The molecule has 1 amide bonds. The number of aromatic nitrogens is 2. The van der Waals surface area contributed by atoms with Gasteiger partial charge in [0.2, 0.25) is 5.91 Å². The van der Waals surface area contributed by atoms with Crippen LogP contribution >= 0.6 is 11.6 Å². The number of aromatic hydroxyl groups is 1. The highest BCUT2D eigenvalue weighted by atomic mass is 35.5. The fraction of sp³-hybridized carbons (Fsp3) is 0.227. The van der Waals surface area contributed by atoms with Crippen LogP contribution in [0.25, 0.3) is 22.0 Å². The second-order valence-electron chi connectivity index (χ2n) is 7.30. The van der Waals surface area contributed by atoms with Crippen molar-refractivity contribution >= 4 is 34.2 Å². The van der Waals surface area contributed by atoms with Crippen LogP contribution < -0.4 is 4.90 Å². The highest BCUT2D eigenvalue weighted by Gasteiger charge is 2.26. The number of halogens is 4. The third-order valence-corrected chi connectivity index (χ3v) is 5.63. The summed E-state index contributed by atoms with van der Waals surface area (Å²) in [4.78, 5) is 23.7. The summed E-state index contributed by atoms with van der Waals surface area (Å²) in [7, 11) is 0. The second kappa shape index (κ2) is 9.04. The molecule has 0 bridgehead atoms. The summed E-state index contributed by atoms with van der Waals surface area (Å²) in [5.74, 6) is -1.71. The Balaban J connectivity index is 0.00000289. The molecule has 2 aromatic carbocycles. The number of phenolic OH excluding ortho intramolecular Hbond substituents is 1. The molecule has 3 aromatic rings. The Hall–Kier alpha value is -3.33. The van der Waals surface area contributed by atoms with E-state index in [0.29, 0.717) is 42.9 Å². The number of fused-ring (bicyclic) bond motifs is 1. The largest absolute Gasteiger partial charge is 0.507 e. The molecule has 0 unspecified atom stereocenters. The minimum Gasteiger partial charge on any atom is -0.507 e. The van der Waals surface area contributed by atoms with Crippen LogP contribution in [-0.4, -0.2) is 52.1 Å². The van der Waals surface area contributed by atoms with Crippen LogP contribution in [0.2, 0.25) is 5.02 Å². The van der Waals surface area contributed by atoms with Crippen molar-refractivity contribution in [1.82, 2.24) is 14.9 Å². The highest BCUT2D eigenvalue weighted by Crippen LogP contribution is 2.42. The van der Waals surface area contributed by atoms with Gasteiger partial charge >= 0.3 is 0 Å². The van der Waals surface area contributed by atoms with Gasteiger partial charge < -0.3 is 14.9 Å². The van der Waals surface area contributed by atoms with Gasteiger partial charge in [0.25, 0.3) is 0 Å². The molecule has 1 fully saturated rings. The van der Waals surface area contributed by atoms with Crippen LogP contribution in [-0.2, 0) is 4.79 Å². The van der Waals surface area contributed by atoms with Crippen molar-refractivity contribution in [3.63, 3.8) is 0 Å². The molecule has 168 valence electrons. The number of hydrogen-bond acceptors (Lipinski definition) is 5. The number of aryl methyl sites for hydroxylation is 1. The van der Waals surface area contributed by atoms with Gasteiger partial charge in [-0.1, -0.05) is 18.2 Å². The van der Waals surface area contributed by atoms with Gasteiger partial charge in [-0.25, -0.2) is 18.7 Å². The predicted octanol–water partition coefficient (Wildman–Crippen LogP) is 4.23. The quantitative estimate of drug-likeness (QED) is 0.587. The van der Waals surface area contributed by atoms with Crippen LogP contribution in [0, 0.1) is 18.6 Å². The lowest BCUT2D eigenvalue weighted by Gasteiger charge is -2.35. The van der Waals surface area contributed by atoms with E-state index in [4.69, 9.17) is 11.6 Å². The number of carbonyl (C=O) groups is 1. The van der Waals surface area contributed by atoms with Gasteiger partial charge in [-0.2, -0.15) is 0 Å². The van der Waals surface area contributed by atoms with E-state index >= 15 is 4.39 Å². The zero-order valence-electron chi connectivity index (χ0n) is 17.1. The molecule has 0 aliphatic carbocycles. The average molecular weight is 465 g/mol. The normalized spacial score (nSPS) is 13.8. The molecule has 6 nitrogen and oxygen atoms in total. The van der Waals surface area contributed by atoms with Gasteiger partial charge in [0, 0.05) is 37.1 Å². The maximum Gasteiger partial charge on any atom is 0.246 e. The first-order valence-electron chi connectivity index (χ1n) is 9.60.